The molecule has 1 aliphatic rings. The van der Waals surface area contributed by atoms with Crippen LogP contribution < -0.4 is 4.31 Å². The van der Waals surface area contributed by atoms with Gasteiger partial charge in [0, 0.05) is 25.5 Å². The first kappa shape index (κ1) is 11.5. The van der Waals surface area contributed by atoms with Crippen LogP contribution in [-0.4, -0.2) is 32.9 Å². The van der Waals surface area contributed by atoms with E-state index in [1.165, 1.54) is 8.61 Å². The van der Waals surface area contributed by atoms with Crippen LogP contribution in [0.1, 0.15) is 0 Å². The molecular weight excluding hydrogens is 248 g/mol. The molecule has 0 aliphatic carbocycles. The third kappa shape index (κ3) is 1.76. The lowest BCUT2D eigenvalue weighted by Crippen LogP contribution is -2.32. The monoisotopic (exact) mass is 262 g/mol. The van der Waals surface area contributed by atoms with Gasteiger partial charge < -0.3 is 0 Å². The van der Waals surface area contributed by atoms with Crippen LogP contribution >= 0.6 is 0 Å². The average molecular weight is 262 g/mol. The third-order valence-electron chi connectivity index (χ3n) is 3.18. The summed E-state index contributed by atoms with van der Waals surface area (Å²) in [5.74, 6) is 0. The molecule has 1 saturated heterocycles. The molecule has 0 atom stereocenters. The van der Waals surface area contributed by atoms with Gasteiger partial charge in [-0.15, -0.1) is 0 Å². The summed E-state index contributed by atoms with van der Waals surface area (Å²) in [5, 5.41) is 2.00. The maximum absolute atomic E-state index is 12.2. The molecule has 0 N–H and O–H groups in total. The summed E-state index contributed by atoms with van der Waals surface area (Å²) in [4.78, 5) is 0. The summed E-state index contributed by atoms with van der Waals surface area (Å²) in [6.07, 6.45) is 0. The van der Waals surface area contributed by atoms with Gasteiger partial charge in [0.2, 0.25) is 0 Å². The van der Waals surface area contributed by atoms with E-state index in [-0.39, 0.29) is 0 Å². The summed E-state index contributed by atoms with van der Waals surface area (Å²) in [6, 6.07) is 13.5. The number of hydrogen-bond donors (Lipinski definition) is 0. The minimum atomic E-state index is -3.34. The van der Waals surface area contributed by atoms with Crippen molar-refractivity contribution in [3.05, 3.63) is 42.5 Å². The predicted molar refractivity (Wildman–Crippen MR) is 72.8 cm³/mol. The zero-order valence-electron chi connectivity index (χ0n) is 10.1. The van der Waals surface area contributed by atoms with Gasteiger partial charge in [0.25, 0.3) is 0 Å². The van der Waals surface area contributed by atoms with E-state index < -0.39 is 10.2 Å². The van der Waals surface area contributed by atoms with Crippen molar-refractivity contribution in [2.45, 2.75) is 0 Å². The van der Waals surface area contributed by atoms with Gasteiger partial charge in [0.15, 0.2) is 0 Å². The molecule has 1 fully saturated rings. The van der Waals surface area contributed by atoms with Crippen LogP contribution in [0.5, 0.6) is 0 Å². The molecule has 94 valence electrons. The van der Waals surface area contributed by atoms with Crippen molar-refractivity contribution in [3.63, 3.8) is 0 Å². The SMILES string of the molecule is CN(c1cccc2ccccc12)S(=O)(=O)N1CC1. The van der Waals surface area contributed by atoms with Crippen LogP contribution in [0, 0.1) is 0 Å². The molecule has 0 amide bonds. The highest BCUT2D eigenvalue weighted by molar-refractivity contribution is 7.90. The maximum atomic E-state index is 12.2. The molecular formula is C13H14N2O2S. The first-order valence-electron chi connectivity index (χ1n) is 5.82. The molecule has 2 aromatic rings. The fourth-order valence-electron chi connectivity index (χ4n) is 2.05. The Kier molecular flexibility index (Phi) is 2.53. The molecule has 4 nitrogen and oxygen atoms in total. The van der Waals surface area contributed by atoms with Crippen LogP contribution in [0.15, 0.2) is 42.5 Å². The summed E-state index contributed by atoms with van der Waals surface area (Å²) >= 11 is 0. The summed E-state index contributed by atoms with van der Waals surface area (Å²) in [6.45, 7) is 1.24. The van der Waals surface area contributed by atoms with Crippen molar-refractivity contribution >= 4 is 26.7 Å². The molecule has 1 heterocycles. The van der Waals surface area contributed by atoms with Crippen molar-refractivity contribution in [2.24, 2.45) is 0 Å². The largest absolute Gasteiger partial charge is 0.303 e. The zero-order valence-corrected chi connectivity index (χ0v) is 10.9. The number of rotatable bonds is 3. The lowest BCUT2D eigenvalue weighted by Gasteiger charge is -2.21. The minimum absolute atomic E-state index is 0.622. The van der Waals surface area contributed by atoms with Gasteiger partial charge in [-0.1, -0.05) is 36.4 Å². The Morgan fingerprint density at radius 1 is 1.06 bits per heavy atom. The first-order valence-corrected chi connectivity index (χ1v) is 7.22. The van der Waals surface area contributed by atoms with Crippen LogP contribution in [-0.2, 0) is 10.2 Å². The number of benzene rings is 2. The highest BCUT2D eigenvalue weighted by atomic mass is 32.2. The molecule has 0 aromatic heterocycles. The fourth-order valence-corrected chi connectivity index (χ4v) is 3.35. The summed E-state index contributed by atoms with van der Waals surface area (Å²) in [5.41, 5.74) is 0.722. The predicted octanol–water partition coefficient (Wildman–Crippen LogP) is 1.84. The summed E-state index contributed by atoms with van der Waals surface area (Å²) in [7, 11) is -1.74. The van der Waals surface area contributed by atoms with E-state index in [9.17, 15) is 8.42 Å². The molecule has 0 saturated carbocycles. The molecule has 3 rings (SSSR count). The smallest absolute Gasteiger partial charge is 0.260 e. The first-order chi connectivity index (χ1) is 8.60. The van der Waals surface area contributed by atoms with Crippen LogP contribution in [0.2, 0.25) is 0 Å². The van der Waals surface area contributed by atoms with Gasteiger partial charge in [-0.3, -0.25) is 4.31 Å². The Balaban J connectivity index is 2.14. The number of hydrogen-bond acceptors (Lipinski definition) is 2. The normalized spacial score (nSPS) is 15.8. The summed E-state index contributed by atoms with van der Waals surface area (Å²) < 4.78 is 27.2. The van der Waals surface area contributed by atoms with Crippen LogP contribution in [0.25, 0.3) is 10.8 Å². The third-order valence-corrected chi connectivity index (χ3v) is 5.09. The van der Waals surface area contributed by atoms with Gasteiger partial charge >= 0.3 is 10.2 Å². The second kappa shape index (κ2) is 3.96. The Morgan fingerprint density at radius 2 is 1.72 bits per heavy atom. The van der Waals surface area contributed by atoms with Crippen LogP contribution in [0.4, 0.5) is 5.69 Å². The van der Waals surface area contributed by atoms with E-state index >= 15 is 0 Å². The molecule has 0 unspecified atom stereocenters. The topological polar surface area (TPSA) is 40.4 Å². The van der Waals surface area contributed by atoms with Crippen molar-refractivity contribution in [1.82, 2.24) is 4.31 Å². The Morgan fingerprint density at radius 3 is 2.44 bits per heavy atom. The van der Waals surface area contributed by atoms with E-state index in [2.05, 4.69) is 0 Å². The maximum Gasteiger partial charge on any atom is 0.303 e. The standard InChI is InChI=1S/C13H14N2O2S/c1-14(18(16,17)15-9-10-15)13-8-4-6-11-5-2-3-7-12(11)13/h2-8H,9-10H2,1H3. The van der Waals surface area contributed by atoms with E-state index in [1.807, 2.05) is 42.5 Å². The molecule has 1 aliphatic heterocycles. The molecule has 2 aromatic carbocycles. The number of fused-ring (bicyclic) bond motifs is 1. The second-order valence-corrected chi connectivity index (χ2v) is 6.33. The molecule has 0 radical (unpaired) electrons. The minimum Gasteiger partial charge on any atom is -0.260 e. The zero-order chi connectivity index (χ0) is 12.8. The highest BCUT2D eigenvalue weighted by Crippen LogP contribution is 2.29. The van der Waals surface area contributed by atoms with Crippen molar-refractivity contribution in [2.75, 3.05) is 24.4 Å². The van der Waals surface area contributed by atoms with Crippen molar-refractivity contribution < 1.29 is 8.42 Å². The van der Waals surface area contributed by atoms with Gasteiger partial charge in [0.1, 0.15) is 0 Å². The van der Waals surface area contributed by atoms with Gasteiger partial charge in [-0.05, 0) is 11.5 Å². The average Bonchev–Trinajstić information content (AvgIpc) is 3.22. The van der Waals surface area contributed by atoms with E-state index in [4.69, 9.17) is 0 Å². The van der Waals surface area contributed by atoms with E-state index in [1.54, 1.807) is 7.05 Å². The molecule has 18 heavy (non-hydrogen) atoms. The van der Waals surface area contributed by atoms with E-state index in [0.717, 1.165) is 16.5 Å². The van der Waals surface area contributed by atoms with Crippen LogP contribution in [0.3, 0.4) is 0 Å². The Bertz CT molecular complexity index is 688. The molecule has 0 bridgehead atoms. The molecule has 0 spiro atoms. The Hall–Kier alpha value is -1.59. The van der Waals surface area contributed by atoms with Gasteiger partial charge in [0.05, 0.1) is 5.69 Å². The molecule has 5 heteroatoms. The van der Waals surface area contributed by atoms with Crippen molar-refractivity contribution in [1.29, 1.82) is 0 Å². The lowest BCUT2D eigenvalue weighted by molar-refractivity contribution is 0.561. The highest BCUT2D eigenvalue weighted by Gasteiger charge is 2.35. The van der Waals surface area contributed by atoms with Gasteiger partial charge in [-0.25, -0.2) is 0 Å². The van der Waals surface area contributed by atoms with Gasteiger partial charge in [-0.2, -0.15) is 12.7 Å². The number of nitrogens with zero attached hydrogens (tertiary/aromatic N) is 2. The second-order valence-electron chi connectivity index (χ2n) is 4.37. The number of anilines is 1. The quantitative estimate of drug-likeness (QED) is 0.792. The fraction of sp³-hybridized carbons (Fsp3) is 0.231. The lowest BCUT2D eigenvalue weighted by atomic mass is 10.1. The van der Waals surface area contributed by atoms with E-state index in [0.29, 0.717) is 13.1 Å². The van der Waals surface area contributed by atoms with Crippen molar-refractivity contribution in [3.8, 4) is 0 Å². The Labute approximate surface area is 107 Å².